The average Bonchev–Trinajstić information content (AvgIpc) is 2.03. The molecule has 0 heterocycles. The second kappa shape index (κ2) is 13.5. The zero-order valence-electron chi connectivity index (χ0n) is 9.04. The van der Waals surface area contributed by atoms with E-state index in [4.69, 9.17) is 19.8 Å². The van der Waals surface area contributed by atoms with Gasteiger partial charge in [-0.15, -0.1) is 12.6 Å². The molecule has 0 unspecified atom stereocenters. The number of aliphatic carboxylic acids is 2. The van der Waals surface area contributed by atoms with Crippen LogP contribution in [0, 0.1) is 0 Å². The third-order valence-electron chi connectivity index (χ3n) is 0.756. The highest BCUT2D eigenvalue weighted by molar-refractivity contribution is 7.80. The summed E-state index contributed by atoms with van der Waals surface area (Å²) in [5, 5.41) is 14.8. The van der Waals surface area contributed by atoms with Crippen molar-refractivity contribution in [3.8, 4) is 0 Å². The maximum atomic E-state index is 9.00. The molecule has 1 aromatic carbocycles. The van der Waals surface area contributed by atoms with E-state index in [1.54, 1.807) is 0 Å². The smallest absolute Gasteiger partial charge is 0.300 e. The van der Waals surface area contributed by atoms with Crippen LogP contribution in [0.1, 0.15) is 13.8 Å². The minimum atomic E-state index is -0.833. The quantitative estimate of drug-likeness (QED) is 0.602. The third-order valence-corrected chi connectivity index (χ3v) is 1.05. The molecule has 0 aliphatic rings. The summed E-state index contributed by atoms with van der Waals surface area (Å²) in [6.07, 6.45) is 0. The van der Waals surface area contributed by atoms with Crippen molar-refractivity contribution >= 4 is 24.6 Å². The standard InChI is InChI=1S/C6H6S.2C2H4O2.H2O/c7-6-4-2-1-3-5-6;2*1-2(3)4;/h1-5,7H;2*1H3,(H,3,4);1H2. The number of carboxylic acids is 2. The summed E-state index contributed by atoms with van der Waals surface area (Å²) in [5.41, 5.74) is 0. The molecule has 0 aliphatic heterocycles. The van der Waals surface area contributed by atoms with Crippen molar-refractivity contribution in [1.82, 2.24) is 0 Å². The fraction of sp³-hybridized carbons (Fsp3) is 0.200. The van der Waals surface area contributed by atoms with Gasteiger partial charge in [-0.3, -0.25) is 9.59 Å². The number of rotatable bonds is 0. The lowest BCUT2D eigenvalue weighted by Gasteiger charge is -1.81. The van der Waals surface area contributed by atoms with E-state index >= 15 is 0 Å². The van der Waals surface area contributed by atoms with Gasteiger partial charge in [0.25, 0.3) is 11.9 Å². The highest BCUT2D eigenvalue weighted by Gasteiger charge is 1.73. The van der Waals surface area contributed by atoms with Crippen LogP contribution in [0.3, 0.4) is 0 Å². The van der Waals surface area contributed by atoms with Gasteiger partial charge in [-0.1, -0.05) is 18.2 Å². The van der Waals surface area contributed by atoms with Crippen LogP contribution in [0.15, 0.2) is 35.2 Å². The van der Waals surface area contributed by atoms with Gasteiger partial charge in [0.15, 0.2) is 0 Å². The Morgan fingerprint density at radius 3 is 1.38 bits per heavy atom. The minimum Gasteiger partial charge on any atom is -0.481 e. The SMILES string of the molecule is CC(=O)O.CC(=O)O.O.Sc1ccccc1. The van der Waals surface area contributed by atoms with Crippen LogP contribution in [-0.2, 0) is 9.59 Å². The summed E-state index contributed by atoms with van der Waals surface area (Å²) in [6, 6.07) is 9.79. The van der Waals surface area contributed by atoms with E-state index in [0.29, 0.717) is 0 Å². The Morgan fingerprint density at radius 1 is 1.00 bits per heavy atom. The lowest BCUT2D eigenvalue weighted by molar-refractivity contribution is -0.135. The topological polar surface area (TPSA) is 106 Å². The number of hydrogen-bond donors (Lipinski definition) is 3. The number of benzene rings is 1. The van der Waals surface area contributed by atoms with Gasteiger partial charge < -0.3 is 15.7 Å². The molecule has 1 rings (SSSR count). The predicted molar refractivity (Wildman–Crippen MR) is 63.9 cm³/mol. The van der Waals surface area contributed by atoms with Crippen LogP contribution in [0.5, 0.6) is 0 Å². The highest BCUT2D eigenvalue weighted by Crippen LogP contribution is 2.00. The molecule has 0 radical (unpaired) electrons. The molecule has 92 valence electrons. The lowest BCUT2D eigenvalue weighted by atomic mass is 10.4. The van der Waals surface area contributed by atoms with Crippen molar-refractivity contribution in [3.63, 3.8) is 0 Å². The molecule has 0 fully saturated rings. The van der Waals surface area contributed by atoms with Crippen molar-refractivity contribution in [3.05, 3.63) is 30.3 Å². The van der Waals surface area contributed by atoms with E-state index in [2.05, 4.69) is 12.6 Å². The Balaban J connectivity index is -0.000000166. The van der Waals surface area contributed by atoms with Crippen molar-refractivity contribution in [2.75, 3.05) is 0 Å². The van der Waals surface area contributed by atoms with Gasteiger partial charge >= 0.3 is 0 Å². The summed E-state index contributed by atoms with van der Waals surface area (Å²) >= 11 is 4.08. The van der Waals surface area contributed by atoms with Gasteiger partial charge in [0.05, 0.1) is 0 Å². The van der Waals surface area contributed by atoms with E-state index in [-0.39, 0.29) is 5.48 Å². The minimum absolute atomic E-state index is 0. The molecule has 0 saturated heterocycles. The first-order valence-corrected chi connectivity index (χ1v) is 4.44. The van der Waals surface area contributed by atoms with Gasteiger partial charge in [0.2, 0.25) is 0 Å². The largest absolute Gasteiger partial charge is 0.481 e. The third kappa shape index (κ3) is 39.2. The summed E-state index contributed by atoms with van der Waals surface area (Å²) in [4.78, 5) is 19.0. The summed E-state index contributed by atoms with van der Waals surface area (Å²) in [6.45, 7) is 2.17. The summed E-state index contributed by atoms with van der Waals surface area (Å²) in [5.74, 6) is -1.67. The summed E-state index contributed by atoms with van der Waals surface area (Å²) < 4.78 is 0. The molecule has 1 aromatic rings. The van der Waals surface area contributed by atoms with Gasteiger partial charge in [-0.25, -0.2) is 0 Å². The maximum absolute atomic E-state index is 9.00. The number of carbonyl (C=O) groups is 2. The van der Waals surface area contributed by atoms with Crippen LogP contribution in [0.4, 0.5) is 0 Å². The normalized spacial score (nSPS) is 6.94. The van der Waals surface area contributed by atoms with E-state index in [0.717, 1.165) is 18.7 Å². The molecular weight excluding hydrogens is 232 g/mol. The number of thiol groups is 1. The molecule has 16 heavy (non-hydrogen) atoms. The second-order valence-corrected chi connectivity index (χ2v) is 2.89. The molecule has 0 atom stereocenters. The highest BCUT2D eigenvalue weighted by atomic mass is 32.1. The molecule has 0 aromatic heterocycles. The van der Waals surface area contributed by atoms with Gasteiger partial charge in [-0.2, -0.15) is 0 Å². The number of hydrogen-bond acceptors (Lipinski definition) is 3. The van der Waals surface area contributed by atoms with Gasteiger partial charge in [0.1, 0.15) is 0 Å². The maximum Gasteiger partial charge on any atom is 0.300 e. The van der Waals surface area contributed by atoms with Crippen molar-refractivity contribution in [1.29, 1.82) is 0 Å². The fourth-order valence-electron chi connectivity index (χ4n) is 0.428. The van der Waals surface area contributed by atoms with Crippen molar-refractivity contribution in [2.45, 2.75) is 18.7 Å². The molecule has 6 heteroatoms. The monoisotopic (exact) mass is 248 g/mol. The molecule has 0 amide bonds. The van der Waals surface area contributed by atoms with Gasteiger partial charge in [-0.05, 0) is 12.1 Å². The van der Waals surface area contributed by atoms with Crippen molar-refractivity contribution < 1.29 is 25.3 Å². The lowest BCUT2D eigenvalue weighted by Crippen LogP contribution is -1.78. The molecule has 0 spiro atoms. The first-order valence-electron chi connectivity index (χ1n) is 3.99. The van der Waals surface area contributed by atoms with Crippen LogP contribution in [-0.4, -0.2) is 27.6 Å². The predicted octanol–water partition coefficient (Wildman–Crippen LogP) is 1.33. The Morgan fingerprint density at radius 2 is 1.25 bits per heavy atom. The zero-order chi connectivity index (χ0) is 12.3. The Hall–Kier alpha value is -1.53. The van der Waals surface area contributed by atoms with E-state index < -0.39 is 11.9 Å². The van der Waals surface area contributed by atoms with Crippen molar-refractivity contribution in [2.24, 2.45) is 0 Å². The zero-order valence-corrected chi connectivity index (χ0v) is 9.94. The summed E-state index contributed by atoms with van der Waals surface area (Å²) in [7, 11) is 0. The molecule has 5 nitrogen and oxygen atoms in total. The van der Waals surface area contributed by atoms with E-state index in [9.17, 15) is 0 Å². The Kier molecular flexibility index (Phi) is 16.8. The van der Waals surface area contributed by atoms with Crippen LogP contribution >= 0.6 is 12.6 Å². The molecule has 0 bridgehead atoms. The Bertz CT molecular complexity index is 267. The Labute approximate surface area is 99.5 Å². The fourth-order valence-corrected chi connectivity index (χ4v) is 0.600. The first-order chi connectivity index (χ1) is 6.86. The first kappa shape index (κ1) is 20.0. The molecule has 0 aliphatic carbocycles. The van der Waals surface area contributed by atoms with Crippen LogP contribution in [0.25, 0.3) is 0 Å². The average molecular weight is 248 g/mol. The number of carboxylic acid groups (broad SMARTS) is 2. The van der Waals surface area contributed by atoms with Crippen LogP contribution < -0.4 is 0 Å². The molecule has 0 saturated carbocycles. The molecular formula is C10H16O5S. The van der Waals surface area contributed by atoms with Crippen LogP contribution in [0.2, 0.25) is 0 Å². The van der Waals surface area contributed by atoms with E-state index in [1.165, 1.54) is 0 Å². The molecule has 4 N–H and O–H groups in total. The van der Waals surface area contributed by atoms with Gasteiger partial charge in [0, 0.05) is 18.7 Å². The van der Waals surface area contributed by atoms with E-state index in [1.807, 2.05) is 30.3 Å². The second-order valence-electron chi connectivity index (χ2n) is 2.37.